The van der Waals surface area contributed by atoms with Crippen LogP contribution < -0.4 is 4.90 Å². The Hall–Kier alpha value is -2.00. The van der Waals surface area contributed by atoms with E-state index in [1.807, 2.05) is 12.1 Å². The Morgan fingerprint density at radius 2 is 1.65 bits per heavy atom. The minimum absolute atomic E-state index is 0.778. The van der Waals surface area contributed by atoms with Crippen LogP contribution in [0.2, 0.25) is 5.02 Å². The largest absolute Gasteiger partial charge is 0.342 e. The van der Waals surface area contributed by atoms with Gasteiger partial charge < -0.3 is 9.47 Å². The first-order chi connectivity index (χ1) is 11.3. The first-order valence-electron chi connectivity index (χ1n) is 8.26. The van der Waals surface area contributed by atoms with E-state index >= 15 is 0 Å². The van der Waals surface area contributed by atoms with Crippen molar-refractivity contribution in [1.82, 2.24) is 9.55 Å². The molecule has 1 saturated heterocycles. The number of nitrogens with zero attached hydrogens (tertiary/aromatic N) is 3. The molecule has 3 aromatic rings. The summed E-state index contributed by atoms with van der Waals surface area (Å²) in [5.74, 6) is 1.10. The Kier molecular flexibility index (Phi) is 3.96. The second-order valence-corrected chi connectivity index (χ2v) is 6.60. The summed E-state index contributed by atoms with van der Waals surface area (Å²) in [6, 6.07) is 16.5. The summed E-state index contributed by atoms with van der Waals surface area (Å²) in [6.07, 6.45) is 3.84. The van der Waals surface area contributed by atoms with Gasteiger partial charge in [-0.3, -0.25) is 0 Å². The molecule has 0 radical (unpaired) electrons. The van der Waals surface area contributed by atoms with Crippen molar-refractivity contribution in [2.24, 2.45) is 0 Å². The summed E-state index contributed by atoms with van der Waals surface area (Å²) >= 11 is 6.01. The molecular formula is C19H20ClN3. The summed E-state index contributed by atoms with van der Waals surface area (Å²) in [5.41, 5.74) is 3.51. The van der Waals surface area contributed by atoms with Crippen molar-refractivity contribution in [3.8, 4) is 0 Å². The quantitative estimate of drug-likeness (QED) is 0.694. The molecule has 4 heteroatoms. The molecule has 1 aromatic heterocycles. The van der Waals surface area contributed by atoms with E-state index in [0.29, 0.717) is 0 Å². The van der Waals surface area contributed by atoms with Crippen LogP contribution in [0.1, 0.15) is 24.8 Å². The molecule has 0 amide bonds. The van der Waals surface area contributed by atoms with E-state index in [1.54, 1.807) is 0 Å². The fourth-order valence-corrected chi connectivity index (χ4v) is 3.45. The van der Waals surface area contributed by atoms with Gasteiger partial charge in [-0.25, -0.2) is 4.98 Å². The zero-order chi connectivity index (χ0) is 15.6. The van der Waals surface area contributed by atoms with Crippen molar-refractivity contribution in [1.29, 1.82) is 0 Å². The Balaban J connectivity index is 1.77. The van der Waals surface area contributed by atoms with Crippen LogP contribution in [0, 0.1) is 0 Å². The number of hydrogen-bond donors (Lipinski definition) is 0. The molecule has 0 spiro atoms. The molecule has 0 unspecified atom stereocenters. The molecular weight excluding hydrogens is 306 g/mol. The monoisotopic (exact) mass is 325 g/mol. The molecule has 2 aromatic carbocycles. The molecule has 2 heterocycles. The smallest absolute Gasteiger partial charge is 0.206 e. The average Bonchev–Trinajstić information content (AvgIpc) is 2.96. The Labute approximate surface area is 141 Å². The van der Waals surface area contributed by atoms with E-state index in [-0.39, 0.29) is 0 Å². The third-order valence-electron chi connectivity index (χ3n) is 4.53. The number of para-hydroxylation sites is 2. The maximum atomic E-state index is 6.01. The van der Waals surface area contributed by atoms with Gasteiger partial charge in [-0.05, 0) is 49.1 Å². The minimum Gasteiger partial charge on any atom is -0.342 e. The average molecular weight is 326 g/mol. The van der Waals surface area contributed by atoms with Crippen molar-refractivity contribution in [3.63, 3.8) is 0 Å². The van der Waals surface area contributed by atoms with Gasteiger partial charge >= 0.3 is 0 Å². The van der Waals surface area contributed by atoms with E-state index in [4.69, 9.17) is 16.6 Å². The molecule has 118 valence electrons. The lowest BCUT2D eigenvalue weighted by Crippen LogP contribution is -2.32. The summed E-state index contributed by atoms with van der Waals surface area (Å²) < 4.78 is 2.34. The molecule has 1 aliphatic rings. The van der Waals surface area contributed by atoms with Gasteiger partial charge in [0.15, 0.2) is 0 Å². The predicted octanol–water partition coefficient (Wildman–Crippen LogP) is 4.73. The van der Waals surface area contributed by atoms with E-state index in [0.717, 1.165) is 36.1 Å². The molecule has 3 nitrogen and oxygen atoms in total. The number of halogens is 1. The zero-order valence-corrected chi connectivity index (χ0v) is 13.8. The molecule has 23 heavy (non-hydrogen) atoms. The van der Waals surface area contributed by atoms with Gasteiger partial charge in [0, 0.05) is 18.1 Å². The highest BCUT2D eigenvalue weighted by Crippen LogP contribution is 2.26. The second kappa shape index (κ2) is 6.25. The van der Waals surface area contributed by atoms with Crippen molar-refractivity contribution >= 4 is 28.6 Å². The van der Waals surface area contributed by atoms with Gasteiger partial charge in [-0.15, -0.1) is 0 Å². The summed E-state index contributed by atoms with van der Waals surface area (Å²) in [5, 5.41) is 0.778. The third kappa shape index (κ3) is 2.93. The molecule has 0 aliphatic carbocycles. The first kappa shape index (κ1) is 14.6. The van der Waals surface area contributed by atoms with Gasteiger partial charge in [0.2, 0.25) is 5.95 Å². The molecule has 0 saturated carbocycles. The summed E-state index contributed by atoms with van der Waals surface area (Å²) in [6.45, 7) is 3.03. The minimum atomic E-state index is 0.778. The number of rotatable bonds is 3. The summed E-state index contributed by atoms with van der Waals surface area (Å²) in [7, 11) is 0. The van der Waals surface area contributed by atoms with Gasteiger partial charge in [0.25, 0.3) is 0 Å². The van der Waals surface area contributed by atoms with Gasteiger partial charge in [0.05, 0.1) is 17.6 Å². The van der Waals surface area contributed by atoms with Crippen molar-refractivity contribution < 1.29 is 0 Å². The van der Waals surface area contributed by atoms with Crippen LogP contribution in [0.5, 0.6) is 0 Å². The molecule has 1 aliphatic heterocycles. The summed E-state index contributed by atoms with van der Waals surface area (Å²) in [4.78, 5) is 7.34. The topological polar surface area (TPSA) is 21.1 Å². The van der Waals surface area contributed by atoms with Crippen LogP contribution in [0.25, 0.3) is 11.0 Å². The number of hydrogen-bond acceptors (Lipinski definition) is 2. The second-order valence-electron chi connectivity index (χ2n) is 6.16. The number of fused-ring (bicyclic) bond motifs is 1. The van der Waals surface area contributed by atoms with Crippen LogP contribution in [-0.2, 0) is 6.54 Å². The number of imidazole rings is 1. The number of aromatic nitrogens is 2. The van der Waals surface area contributed by atoms with Crippen LogP contribution in [0.3, 0.4) is 0 Å². The van der Waals surface area contributed by atoms with Crippen molar-refractivity contribution in [3.05, 3.63) is 59.1 Å². The normalized spacial score (nSPS) is 15.3. The van der Waals surface area contributed by atoms with E-state index < -0.39 is 0 Å². The van der Waals surface area contributed by atoms with Crippen molar-refractivity contribution in [2.75, 3.05) is 18.0 Å². The lowest BCUT2D eigenvalue weighted by Gasteiger charge is -2.28. The van der Waals surface area contributed by atoms with E-state index in [2.05, 4.69) is 45.9 Å². The lowest BCUT2D eigenvalue weighted by molar-refractivity contribution is 0.560. The Morgan fingerprint density at radius 3 is 2.43 bits per heavy atom. The number of anilines is 1. The number of benzene rings is 2. The van der Waals surface area contributed by atoms with E-state index in [1.165, 1.54) is 30.3 Å². The predicted molar refractivity (Wildman–Crippen MR) is 96.4 cm³/mol. The molecule has 0 atom stereocenters. The molecule has 0 N–H and O–H groups in total. The van der Waals surface area contributed by atoms with Gasteiger partial charge in [-0.1, -0.05) is 35.9 Å². The highest BCUT2D eigenvalue weighted by Gasteiger charge is 2.19. The Morgan fingerprint density at radius 1 is 0.913 bits per heavy atom. The van der Waals surface area contributed by atoms with Crippen LogP contribution >= 0.6 is 11.6 Å². The first-order valence-corrected chi connectivity index (χ1v) is 8.64. The highest BCUT2D eigenvalue weighted by molar-refractivity contribution is 6.30. The third-order valence-corrected chi connectivity index (χ3v) is 4.78. The highest BCUT2D eigenvalue weighted by atomic mass is 35.5. The van der Waals surface area contributed by atoms with Crippen LogP contribution in [-0.4, -0.2) is 22.6 Å². The molecule has 1 fully saturated rings. The van der Waals surface area contributed by atoms with Gasteiger partial charge in [0.1, 0.15) is 0 Å². The van der Waals surface area contributed by atoms with Crippen molar-refractivity contribution in [2.45, 2.75) is 25.8 Å². The number of piperidine rings is 1. The fourth-order valence-electron chi connectivity index (χ4n) is 3.33. The van der Waals surface area contributed by atoms with Gasteiger partial charge in [-0.2, -0.15) is 0 Å². The zero-order valence-electron chi connectivity index (χ0n) is 13.1. The van der Waals surface area contributed by atoms with Crippen LogP contribution in [0.15, 0.2) is 48.5 Å². The SMILES string of the molecule is Clc1ccc(Cn2c(N3CCCCC3)nc3ccccc32)cc1. The standard InChI is InChI=1S/C19H20ClN3/c20-16-10-8-15(9-11-16)14-23-18-7-3-2-6-17(18)21-19(23)22-12-4-1-5-13-22/h2-3,6-11H,1,4-5,12-14H2. The fraction of sp³-hybridized carbons (Fsp3) is 0.316. The maximum Gasteiger partial charge on any atom is 0.206 e. The van der Waals surface area contributed by atoms with E-state index in [9.17, 15) is 0 Å². The maximum absolute atomic E-state index is 6.01. The molecule has 0 bridgehead atoms. The lowest BCUT2D eigenvalue weighted by atomic mass is 10.1. The Bertz CT molecular complexity index is 801. The van der Waals surface area contributed by atoms with Crippen LogP contribution in [0.4, 0.5) is 5.95 Å². The molecule has 4 rings (SSSR count).